The molecule has 1 N–H and O–H groups in total. The van der Waals surface area contributed by atoms with Crippen molar-refractivity contribution < 1.29 is 13.2 Å². The fourth-order valence-electron chi connectivity index (χ4n) is 3.73. The number of hydrogen-bond donors (Lipinski definition) is 1. The van der Waals surface area contributed by atoms with Crippen LogP contribution in [0.1, 0.15) is 50.2 Å². The maximum Gasteiger partial charge on any atom is 0.240 e. The third kappa shape index (κ3) is 4.61. The van der Waals surface area contributed by atoms with Crippen LogP contribution in [0.4, 0.5) is 0 Å². The molecule has 1 unspecified atom stereocenters. The molecule has 1 aromatic carbocycles. The first-order valence-electron chi connectivity index (χ1n) is 9.35. The highest BCUT2D eigenvalue weighted by molar-refractivity contribution is 7.89. The minimum atomic E-state index is -3.49. The maximum atomic E-state index is 12.5. The Kier molecular flexibility index (Phi) is 5.79. The Bertz CT molecular complexity index is 730. The van der Waals surface area contributed by atoms with Gasteiger partial charge >= 0.3 is 0 Å². The van der Waals surface area contributed by atoms with E-state index in [2.05, 4.69) is 11.6 Å². The van der Waals surface area contributed by atoms with Gasteiger partial charge in [0.2, 0.25) is 15.9 Å². The Morgan fingerprint density at radius 2 is 2.00 bits per heavy atom. The lowest BCUT2D eigenvalue weighted by Gasteiger charge is -2.17. The zero-order chi connectivity index (χ0) is 17.9. The van der Waals surface area contributed by atoms with E-state index in [1.807, 2.05) is 17.0 Å². The summed E-state index contributed by atoms with van der Waals surface area (Å²) in [5, 5.41) is 0. The summed E-state index contributed by atoms with van der Waals surface area (Å²) in [6.07, 6.45) is 6.31. The lowest BCUT2D eigenvalue weighted by molar-refractivity contribution is -0.130. The van der Waals surface area contributed by atoms with Crippen molar-refractivity contribution in [3.8, 4) is 0 Å². The molecule has 1 atom stereocenters. The van der Waals surface area contributed by atoms with Crippen molar-refractivity contribution in [1.29, 1.82) is 0 Å². The molecule has 138 valence electrons. The molecule has 1 amide bonds. The fraction of sp³-hybridized carbons (Fsp3) is 0.632. The number of carbonyl (C=O) groups excluding carboxylic acids is 1. The first kappa shape index (κ1) is 18.4. The number of amides is 1. The average molecular weight is 365 g/mol. The normalized spacial score (nSPS) is 20.5. The molecule has 0 spiro atoms. The van der Waals surface area contributed by atoms with Gasteiger partial charge in [-0.1, -0.05) is 13.0 Å². The van der Waals surface area contributed by atoms with Gasteiger partial charge in [0.05, 0.1) is 4.90 Å². The summed E-state index contributed by atoms with van der Waals surface area (Å²) < 4.78 is 27.5. The molecule has 1 heterocycles. The monoisotopic (exact) mass is 364 g/mol. The van der Waals surface area contributed by atoms with Crippen LogP contribution in [-0.2, 0) is 27.7 Å². The molecule has 3 rings (SSSR count). The summed E-state index contributed by atoms with van der Waals surface area (Å²) in [7, 11) is -3.49. The molecule has 0 radical (unpaired) electrons. The predicted molar refractivity (Wildman–Crippen MR) is 97.9 cm³/mol. The molecule has 2 aliphatic rings. The van der Waals surface area contributed by atoms with Crippen molar-refractivity contribution >= 4 is 15.9 Å². The predicted octanol–water partition coefficient (Wildman–Crippen LogP) is 2.49. The number of nitrogens with zero attached hydrogens (tertiary/aromatic N) is 1. The Morgan fingerprint density at radius 3 is 2.72 bits per heavy atom. The summed E-state index contributed by atoms with van der Waals surface area (Å²) in [5.41, 5.74) is 2.43. The number of fused-ring (bicyclic) bond motifs is 1. The van der Waals surface area contributed by atoms with Gasteiger partial charge in [0, 0.05) is 26.1 Å². The highest BCUT2D eigenvalue weighted by Crippen LogP contribution is 2.24. The number of likely N-dealkylation sites (tertiary alicyclic amines) is 1. The molecule has 6 heteroatoms. The first-order valence-corrected chi connectivity index (χ1v) is 10.8. The van der Waals surface area contributed by atoms with E-state index >= 15 is 0 Å². The Labute approximate surface area is 150 Å². The topological polar surface area (TPSA) is 66.5 Å². The SMILES string of the molecule is CC1CCN(C(=O)CCCNS(=O)(=O)c2ccc3c(c2)CCCC3)C1. The van der Waals surface area contributed by atoms with Gasteiger partial charge < -0.3 is 4.90 Å². The Hall–Kier alpha value is -1.40. The number of carbonyl (C=O) groups is 1. The van der Waals surface area contributed by atoms with E-state index in [4.69, 9.17) is 0 Å². The molecule has 0 aromatic heterocycles. The number of hydrogen-bond acceptors (Lipinski definition) is 3. The molecule has 0 saturated carbocycles. The fourth-order valence-corrected chi connectivity index (χ4v) is 4.85. The van der Waals surface area contributed by atoms with Gasteiger partial charge in [0.1, 0.15) is 0 Å². The van der Waals surface area contributed by atoms with Gasteiger partial charge in [-0.2, -0.15) is 0 Å². The molecular formula is C19H28N2O3S. The van der Waals surface area contributed by atoms with E-state index < -0.39 is 10.0 Å². The molecule has 0 bridgehead atoms. The second-order valence-corrected chi connectivity index (χ2v) is 9.14. The number of benzene rings is 1. The van der Waals surface area contributed by atoms with Crippen molar-refractivity contribution in [2.45, 2.75) is 56.8 Å². The van der Waals surface area contributed by atoms with Gasteiger partial charge in [-0.25, -0.2) is 13.1 Å². The van der Waals surface area contributed by atoms with E-state index in [0.717, 1.165) is 44.3 Å². The van der Waals surface area contributed by atoms with Crippen molar-refractivity contribution in [2.24, 2.45) is 5.92 Å². The van der Waals surface area contributed by atoms with Gasteiger partial charge in [-0.15, -0.1) is 0 Å². The molecule has 5 nitrogen and oxygen atoms in total. The van der Waals surface area contributed by atoms with Crippen LogP contribution in [0.5, 0.6) is 0 Å². The second kappa shape index (κ2) is 7.87. The van der Waals surface area contributed by atoms with Crippen molar-refractivity contribution in [3.05, 3.63) is 29.3 Å². The van der Waals surface area contributed by atoms with Gasteiger partial charge in [-0.3, -0.25) is 4.79 Å². The number of sulfonamides is 1. The smallest absolute Gasteiger partial charge is 0.240 e. The summed E-state index contributed by atoms with van der Waals surface area (Å²) in [5.74, 6) is 0.712. The summed E-state index contributed by atoms with van der Waals surface area (Å²) in [6, 6.07) is 5.46. The van der Waals surface area contributed by atoms with Crippen molar-refractivity contribution in [1.82, 2.24) is 9.62 Å². The van der Waals surface area contributed by atoms with Crippen LogP contribution in [0.25, 0.3) is 0 Å². The highest BCUT2D eigenvalue weighted by atomic mass is 32.2. The second-order valence-electron chi connectivity index (χ2n) is 7.37. The number of aryl methyl sites for hydroxylation is 2. The lowest BCUT2D eigenvalue weighted by Crippen LogP contribution is -2.30. The minimum Gasteiger partial charge on any atom is -0.342 e. The molecular weight excluding hydrogens is 336 g/mol. The molecule has 1 fully saturated rings. The summed E-state index contributed by atoms with van der Waals surface area (Å²) in [4.78, 5) is 14.3. The van der Waals surface area contributed by atoms with Gasteiger partial charge in [0.15, 0.2) is 0 Å². The van der Waals surface area contributed by atoms with Gasteiger partial charge in [0.25, 0.3) is 0 Å². The maximum absolute atomic E-state index is 12.5. The van der Waals surface area contributed by atoms with Crippen molar-refractivity contribution in [3.63, 3.8) is 0 Å². The van der Waals surface area contributed by atoms with Gasteiger partial charge in [-0.05, 0) is 67.7 Å². The van der Waals surface area contributed by atoms with E-state index in [9.17, 15) is 13.2 Å². The van der Waals surface area contributed by atoms with E-state index in [0.29, 0.717) is 30.2 Å². The van der Waals surface area contributed by atoms with Crippen molar-refractivity contribution in [2.75, 3.05) is 19.6 Å². The van der Waals surface area contributed by atoms with E-state index in [1.54, 1.807) is 6.07 Å². The summed E-state index contributed by atoms with van der Waals surface area (Å²) in [6.45, 7) is 4.12. The third-order valence-corrected chi connectivity index (χ3v) is 6.73. The molecule has 1 saturated heterocycles. The Morgan fingerprint density at radius 1 is 1.24 bits per heavy atom. The van der Waals surface area contributed by atoms with Crippen LogP contribution in [0, 0.1) is 5.92 Å². The van der Waals surface area contributed by atoms with E-state index in [1.165, 1.54) is 12.0 Å². The van der Waals surface area contributed by atoms with Crippen LogP contribution >= 0.6 is 0 Å². The minimum absolute atomic E-state index is 0.136. The first-order chi connectivity index (χ1) is 12.0. The quantitative estimate of drug-likeness (QED) is 0.789. The number of nitrogens with one attached hydrogen (secondary N) is 1. The zero-order valence-electron chi connectivity index (χ0n) is 15.0. The summed E-state index contributed by atoms with van der Waals surface area (Å²) >= 11 is 0. The third-order valence-electron chi connectivity index (χ3n) is 5.27. The van der Waals surface area contributed by atoms with Crippen LogP contribution in [0.2, 0.25) is 0 Å². The van der Waals surface area contributed by atoms with Crippen LogP contribution in [0.15, 0.2) is 23.1 Å². The molecule has 25 heavy (non-hydrogen) atoms. The molecule has 1 aliphatic heterocycles. The van der Waals surface area contributed by atoms with Crippen LogP contribution < -0.4 is 4.72 Å². The lowest BCUT2D eigenvalue weighted by atomic mass is 9.92. The number of rotatable bonds is 6. The van der Waals surface area contributed by atoms with E-state index in [-0.39, 0.29) is 5.91 Å². The van der Waals surface area contributed by atoms with Crippen LogP contribution in [0.3, 0.4) is 0 Å². The van der Waals surface area contributed by atoms with Crippen LogP contribution in [-0.4, -0.2) is 38.9 Å². The molecule has 1 aromatic rings. The standard InChI is InChI=1S/C19H28N2O3S/c1-15-10-12-21(14-15)19(22)7-4-11-20-25(23,24)18-9-8-16-5-2-3-6-17(16)13-18/h8-9,13,15,20H,2-7,10-12,14H2,1H3. The Balaban J connectivity index is 1.49. The largest absolute Gasteiger partial charge is 0.342 e. The zero-order valence-corrected chi connectivity index (χ0v) is 15.8. The average Bonchev–Trinajstić information content (AvgIpc) is 3.04. The molecule has 1 aliphatic carbocycles. The highest BCUT2D eigenvalue weighted by Gasteiger charge is 2.23.